The third-order valence-electron chi connectivity index (χ3n) is 10.3. The van der Waals surface area contributed by atoms with Crippen LogP contribution in [0.3, 0.4) is 0 Å². The molecule has 301 valence electrons. The first-order chi connectivity index (χ1) is 28.4. The largest absolute Gasteiger partial charge is 0.501 e. The number of fused-ring (bicyclic) bond motifs is 3. The van der Waals surface area contributed by atoms with E-state index in [1.165, 1.54) is 33.0 Å². The Labute approximate surface area is 369 Å². The standard InChI is InChI=1S/C33H26NO.C20H22N3Si.Ir/c1-22(2)19-23-17-18-34-31(20-23)30-10-6-9-29-28-16-15-27(21-32(28)35-33(29)30)26-13-11-25(12-14-26)24-7-4-3-5-8-24;1-14(2)9-16-11-19(23-13-20(16)24(4,5)6)17-8-7-15(12-21)10-18(17)22-3;/h3-9,11-18,20-22H,19H2,1-2H3;7,10-11,13-14H,9H2,1-2,4-6H3;/q2*-1;. The van der Waals surface area contributed by atoms with Gasteiger partial charge in [0.05, 0.1) is 13.7 Å². The second kappa shape index (κ2) is 19.0. The van der Waals surface area contributed by atoms with Gasteiger partial charge in [0.25, 0.3) is 0 Å². The predicted molar refractivity (Wildman–Crippen MR) is 246 cm³/mol. The second-order valence-electron chi connectivity index (χ2n) is 16.9. The van der Waals surface area contributed by atoms with Crippen LogP contribution in [0.1, 0.15) is 44.4 Å². The Morgan fingerprint density at radius 2 is 1.40 bits per heavy atom. The molecule has 0 saturated carbocycles. The topological polar surface area (TPSA) is 67.1 Å². The number of aromatic nitrogens is 2. The molecule has 0 bridgehead atoms. The molecule has 7 heteroatoms. The van der Waals surface area contributed by atoms with E-state index in [9.17, 15) is 0 Å². The van der Waals surface area contributed by atoms with Gasteiger partial charge in [-0.25, -0.2) is 5.26 Å². The van der Waals surface area contributed by atoms with E-state index in [4.69, 9.17) is 16.3 Å². The van der Waals surface area contributed by atoms with E-state index in [1.54, 1.807) is 12.1 Å². The zero-order valence-electron chi connectivity index (χ0n) is 35.2. The van der Waals surface area contributed by atoms with Crippen LogP contribution in [0.15, 0.2) is 132 Å². The molecule has 3 heterocycles. The molecule has 3 aromatic heterocycles. The molecule has 1 radical (unpaired) electrons. The quantitative estimate of drug-likeness (QED) is 0.107. The van der Waals surface area contributed by atoms with Crippen molar-refractivity contribution < 1.29 is 24.5 Å². The molecule has 0 aliphatic carbocycles. The molecule has 0 fully saturated rings. The number of furan rings is 1. The fraction of sp³-hybridized carbons (Fsp3) is 0.208. The van der Waals surface area contributed by atoms with Crippen LogP contribution in [0.25, 0.3) is 71.6 Å². The third-order valence-corrected chi connectivity index (χ3v) is 12.4. The van der Waals surface area contributed by atoms with Gasteiger partial charge in [-0.2, -0.15) is 4.85 Å². The van der Waals surface area contributed by atoms with Gasteiger partial charge in [0, 0.05) is 44.0 Å². The number of nitrogens with zero attached hydrogens (tertiary/aromatic N) is 4. The van der Waals surface area contributed by atoms with E-state index in [1.807, 2.05) is 24.5 Å². The summed E-state index contributed by atoms with van der Waals surface area (Å²) in [5.74, 6) is 1.15. The van der Waals surface area contributed by atoms with Crippen molar-refractivity contribution in [3.05, 3.63) is 168 Å². The third kappa shape index (κ3) is 9.90. The average molecular weight is 977 g/mol. The Morgan fingerprint density at radius 3 is 2.07 bits per heavy atom. The first-order valence-electron chi connectivity index (χ1n) is 20.2. The Kier molecular flexibility index (Phi) is 13.8. The summed E-state index contributed by atoms with van der Waals surface area (Å²) in [5.41, 5.74) is 13.2. The predicted octanol–water partition coefficient (Wildman–Crippen LogP) is 13.7. The number of pyridine rings is 2. The molecule has 0 amide bonds. The van der Waals surface area contributed by atoms with Crippen molar-refractivity contribution in [3.63, 3.8) is 0 Å². The Hall–Kier alpha value is -5.95. The van der Waals surface area contributed by atoms with Crippen LogP contribution in [0, 0.1) is 41.9 Å². The molecule has 0 N–H and O–H groups in total. The smallest absolute Gasteiger partial charge is 0.236 e. The summed E-state index contributed by atoms with van der Waals surface area (Å²) in [5, 5.41) is 12.6. The number of rotatable bonds is 9. The van der Waals surface area contributed by atoms with E-state index < -0.39 is 8.07 Å². The maximum Gasteiger partial charge on any atom is 0.236 e. The minimum absolute atomic E-state index is 0. The Morgan fingerprint density at radius 1 is 0.733 bits per heavy atom. The van der Waals surface area contributed by atoms with Crippen LogP contribution in [0.4, 0.5) is 5.69 Å². The van der Waals surface area contributed by atoms with Gasteiger partial charge in [-0.1, -0.05) is 148 Å². The molecule has 5 nitrogen and oxygen atoms in total. The van der Waals surface area contributed by atoms with Crippen LogP contribution < -0.4 is 5.19 Å². The maximum absolute atomic E-state index is 9.00. The van der Waals surface area contributed by atoms with Gasteiger partial charge in [-0.3, -0.25) is 0 Å². The number of hydrogen-bond acceptors (Lipinski definition) is 4. The zero-order valence-corrected chi connectivity index (χ0v) is 38.6. The van der Waals surface area contributed by atoms with Crippen molar-refractivity contribution in [2.45, 2.75) is 60.2 Å². The Balaban J connectivity index is 0.000000213. The van der Waals surface area contributed by atoms with Gasteiger partial charge in [-0.05, 0) is 92.8 Å². The van der Waals surface area contributed by atoms with Crippen molar-refractivity contribution in [1.82, 2.24) is 9.97 Å². The summed E-state index contributed by atoms with van der Waals surface area (Å²) < 4.78 is 6.44. The van der Waals surface area contributed by atoms with E-state index >= 15 is 0 Å². The molecular formula is C53H48IrN4OSi-2. The first kappa shape index (κ1) is 43.6. The van der Waals surface area contributed by atoms with Crippen molar-refractivity contribution in [2.75, 3.05) is 0 Å². The van der Waals surface area contributed by atoms with Crippen LogP contribution in [0.5, 0.6) is 0 Å². The van der Waals surface area contributed by atoms with E-state index in [0.717, 1.165) is 57.3 Å². The molecule has 60 heavy (non-hydrogen) atoms. The summed E-state index contributed by atoms with van der Waals surface area (Å²) in [6, 6.07) is 47.8. The molecule has 0 aliphatic heterocycles. The number of nitriles is 1. The maximum atomic E-state index is 9.00. The fourth-order valence-corrected chi connectivity index (χ4v) is 9.16. The molecular weight excluding hydrogens is 929 g/mol. The summed E-state index contributed by atoms with van der Waals surface area (Å²) in [4.78, 5) is 12.8. The van der Waals surface area contributed by atoms with Crippen LogP contribution >= 0.6 is 0 Å². The molecule has 0 atom stereocenters. The molecule has 8 aromatic rings. The van der Waals surface area contributed by atoms with Crippen molar-refractivity contribution >= 4 is 40.9 Å². The molecule has 0 unspecified atom stereocenters. The van der Waals surface area contributed by atoms with E-state index in [2.05, 4.69) is 171 Å². The second-order valence-corrected chi connectivity index (χ2v) is 22.0. The number of benzene rings is 5. The SMILES string of the molecule is CC(C)Cc1ccnc(-c2[c-]ccc3c2oc2cc(-c4ccc(-c5ccccc5)cc4)ccc23)c1.[C-]#[N+]c1cc(C#N)c[c-]c1-c1cc(CC(C)C)c([Si](C)(C)C)cn1.[Ir]. The summed E-state index contributed by atoms with van der Waals surface area (Å²) in [7, 11) is -1.48. The summed E-state index contributed by atoms with van der Waals surface area (Å²) >= 11 is 0. The van der Waals surface area contributed by atoms with Gasteiger partial charge in [-0.15, -0.1) is 30.3 Å². The van der Waals surface area contributed by atoms with Crippen LogP contribution in [0.2, 0.25) is 19.6 Å². The fourth-order valence-electron chi connectivity index (χ4n) is 7.57. The average Bonchev–Trinajstić information content (AvgIpc) is 3.61. The molecule has 0 saturated heterocycles. The van der Waals surface area contributed by atoms with Crippen LogP contribution in [-0.4, -0.2) is 18.0 Å². The van der Waals surface area contributed by atoms with Gasteiger partial charge in [0.2, 0.25) is 5.69 Å². The number of hydrogen-bond donors (Lipinski definition) is 0. The summed E-state index contributed by atoms with van der Waals surface area (Å²) in [6.45, 7) is 23.3. The minimum Gasteiger partial charge on any atom is -0.501 e. The molecule has 8 rings (SSSR count). The molecule has 0 aliphatic rings. The van der Waals surface area contributed by atoms with Gasteiger partial charge < -0.3 is 14.4 Å². The molecule has 5 aromatic carbocycles. The molecule has 0 spiro atoms. The normalized spacial score (nSPS) is 11.2. The van der Waals surface area contributed by atoms with Crippen LogP contribution in [-0.2, 0) is 32.9 Å². The van der Waals surface area contributed by atoms with Gasteiger partial charge >= 0.3 is 0 Å². The van der Waals surface area contributed by atoms with E-state index in [0.29, 0.717) is 28.7 Å². The van der Waals surface area contributed by atoms with Gasteiger partial charge in [0.15, 0.2) is 0 Å². The zero-order chi connectivity index (χ0) is 41.7. The first-order valence-corrected chi connectivity index (χ1v) is 23.7. The van der Waals surface area contributed by atoms with E-state index in [-0.39, 0.29) is 20.1 Å². The minimum atomic E-state index is -1.48. The Bertz CT molecular complexity index is 2840. The monoisotopic (exact) mass is 977 g/mol. The summed E-state index contributed by atoms with van der Waals surface area (Å²) in [6.07, 6.45) is 5.90. The van der Waals surface area contributed by atoms with Gasteiger partial charge in [0.1, 0.15) is 12.2 Å². The van der Waals surface area contributed by atoms with Crippen molar-refractivity contribution in [1.29, 1.82) is 5.26 Å². The van der Waals surface area contributed by atoms with Crippen molar-refractivity contribution in [2.24, 2.45) is 11.8 Å². The van der Waals surface area contributed by atoms with Crippen molar-refractivity contribution in [3.8, 4) is 50.8 Å².